The molecule has 0 N–H and O–H groups in total. The standard InChI is InChI=1S/C18H19N3O3S/c1-12-16(17(22)23-3)9-15(24-12)11-25-18-20-19-13(2)21(18)10-14-7-5-4-6-8-14/h4-9H,10-11H2,1-3H3. The molecule has 0 aliphatic carbocycles. The van der Waals surface area contributed by atoms with Crippen molar-refractivity contribution < 1.29 is 13.9 Å². The molecule has 7 heteroatoms. The van der Waals surface area contributed by atoms with Crippen LogP contribution < -0.4 is 0 Å². The minimum atomic E-state index is -0.388. The van der Waals surface area contributed by atoms with Gasteiger partial charge in [-0.05, 0) is 25.5 Å². The maximum atomic E-state index is 11.7. The molecule has 0 bridgehead atoms. The number of carbonyl (C=O) groups is 1. The molecule has 0 saturated heterocycles. The zero-order chi connectivity index (χ0) is 17.8. The number of carbonyl (C=O) groups excluding carboxylic acids is 1. The smallest absolute Gasteiger partial charge is 0.341 e. The topological polar surface area (TPSA) is 70.2 Å². The van der Waals surface area contributed by atoms with Crippen molar-refractivity contribution in [2.24, 2.45) is 0 Å². The Bertz CT molecular complexity index is 871. The van der Waals surface area contributed by atoms with E-state index in [4.69, 9.17) is 9.15 Å². The first kappa shape index (κ1) is 17.3. The Balaban J connectivity index is 1.73. The van der Waals surface area contributed by atoms with Gasteiger partial charge in [0.25, 0.3) is 0 Å². The molecule has 0 atom stereocenters. The number of methoxy groups -OCH3 is 1. The molecule has 6 nitrogen and oxygen atoms in total. The van der Waals surface area contributed by atoms with E-state index in [0.29, 0.717) is 29.4 Å². The fourth-order valence-electron chi connectivity index (χ4n) is 2.48. The molecule has 130 valence electrons. The second-order valence-corrected chi connectivity index (χ2v) is 6.51. The van der Waals surface area contributed by atoms with Gasteiger partial charge >= 0.3 is 5.97 Å². The molecule has 0 spiro atoms. The van der Waals surface area contributed by atoms with Gasteiger partial charge in [-0.25, -0.2) is 4.79 Å². The molecular weight excluding hydrogens is 338 g/mol. The van der Waals surface area contributed by atoms with Gasteiger partial charge in [-0.3, -0.25) is 0 Å². The van der Waals surface area contributed by atoms with E-state index in [-0.39, 0.29) is 5.97 Å². The van der Waals surface area contributed by atoms with E-state index in [2.05, 4.69) is 26.9 Å². The van der Waals surface area contributed by atoms with Crippen molar-refractivity contribution in [3.63, 3.8) is 0 Å². The molecule has 3 rings (SSSR count). The largest absolute Gasteiger partial charge is 0.465 e. The summed E-state index contributed by atoms with van der Waals surface area (Å²) in [5, 5.41) is 9.24. The number of nitrogens with zero attached hydrogens (tertiary/aromatic N) is 3. The number of thioether (sulfide) groups is 1. The molecule has 0 saturated carbocycles. The van der Waals surface area contributed by atoms with E-state index in [1.807, 2.05) is 25.1 Å². The van der Waals surface area contributed by atoms with E-state index >= 15 is 0 Å². The lowest BCUT2D eigenvalue weighted by Gasteiger charge is -2.07. The predicted octanol–water partition coefficient (Wildman–Crippen LogP) is 3.62. The number of furan rings is 1. The lowest BCUT2D eigenvalue weighted by molar-refractivity contribution is 0.0599. The Labute approximate surface area is 150 Å². The molecule has 1 aromatic carbocycles. The van der Waals surface area contributed by atoms with Crippen LogP contribution in [0.25, 0.3) is 0 Å². The highest BCUT2D eigenvalue weighted by Crippen LogP contribution is 2.25. The van der Waals surface area contributed by atoms with Gasteiger partial charge < -0.3 is 13.7 Å². The van der Waals surface area contributed by atoms with Crippen LogP contribution >= 0.6 is 11.8 Å². The molecule has 3 aromatic rings. The molecule has 0 unspecified atom stereocenters. The van der Waals surface area contributed by atoms with Crippen LogP contribution in [0, 0.1) is 13.8 Å². The number of hydrogen-bond acceptors (Lipinski definition) is 6. The van der Waals surface area contributed by atoms with Crippen LogP contribution in [0.15, 0.2) is 46.0 Å². The molecule has 0 aliphatic heterocycles. The van der Waals surface area contributed by atoms with Crippen LogP contribution in [0.1, 0.15) is 33.3 Å². The van der Waals surface area contributed by atoms with Gasteiger partial charge in [0.2, 0.25) is 0 Å². The van der Waals surface area contributed by atoms with Gasteiger partial charge in [0.05, 0.1) is 19.4 Å². The highest BCUT2D eigenvalue weighted by molar-refractivity contribution is 7.98. The summed E-state index contributed by atoms with van der Waals surface area (Å²) in [6.45, 7) is 4.40. The maximum Gasteiger partial charge on any atom is 0.341 e. The number of aryl methyl sites for hydroxylation is 2. The van der Waals surface area contributed by atoms with Crippen molar-refractivity contribution in [1.82, 2.24) is 14.8 Å². The van der Waals surface area contributed by atoms with Crippen LogP contribution in [-0.2, 0) is 17.0 Å². The Morgan fingerprint density at radius 3 is 2.72 bits per heavy atom. The average molecular weight is 357 g/mol. The van der Waals surface area contributed by atoms with Gasteiger partial charge in [0.15, 0.2) is 5.16 Å². The van der Waals surface area contributed by atoms with Gasteiger partial charge in [-0.15, -0.1) is 10.2 Å². The summed E-state index contributed by atoms with van der Waals surface area (Å²) in [6, 6.07) is 11.9. The van der Waals surface area contributed by atoms with E-state index in [1.54, 1.807) is 13.0 Å². The summed E-state index contributed by atoms with van der Waals surface area (Å²) >= 11 is 1.53. The second kappa shape index (κ2) is 7.57. The third-order valence-corrected chi connectivity index (χ3v) is 4.79. The number of esters is 1. The molecular formula is C18H19N3O3S. The summed E-state index contributed by atoms with van der Waals surface area (Å²) in [5.74, 6) is 2.29. The first-order valence-electron chi connectivity index (χ1n) is 7.82. The van der Waals surface area contributed by atoms with Crippen molar-refractivity contribution in [1.29, 1.82) is 0 Å². The normalized spacial score (nSPS) is 10.8. The Hall–Kier alpha value is -2.54. The van der Waals surface area contributed by atoms with Crippen molar-refractivity contribution >= 4 is 17.7 Å². The third kappa shape index (κ3) is 3.93. The predicted molar refractivity (Wildman–Crippen MR) is 94.6 cm³/mol. The highest BCUT2D eigenvalue weighted by Gasteiger charge is 2.17. The molecule has 2 aromatic heterocycles. The van der Waals surface area contributed by atoms with Gasteiger partial charge in [0.1, 0.15) is 22.9 Å². The minimum Gasteiger partial charge on any atom is -0.465 e. The molecule has 25 heavy (non-hydrogen) atoms. The third-order valence-electron chi connectivity index (χ3n) is 3.80. The molecule has 0 aliphatic rings. The highest BCUT2D eigenvalue weighted by atomic mass is 32.2. The Morgan fingerprint density at radius 1 is 1.24 bits per heavy atom. The number of ether oxygens (including phenoxy) is 1. The summed E-state index contributed by atoms with van der Waals surface area (Å²) in [7, 11) is 1.36. The monoisotopic (exact) mass is 357 g/mol. The molecule has 0 fully saturated rings. The zero-order valence-corrected chi connectivity index (χ0v) is 15.2. The second-order valence-electron chi connectivity index (χ2n) is 5.56. The zero-order valence-electron chi connectivity index (χ0n) is 14.4. The lowest BCUT2D eigenvalue weighted by atomic mass is 10.2. The van der Waals surface area contributed by atoms with Gasteiger partial charge in [-0.1, -0.05) is 42.1 Å². The van der Waals surface area contributed by atoms with E-state index < -0.39 is 0 Å². The molecule has 2 heterocycles. The average Bonchev–Trinajstić information content (AvgIpc) is 3.16. The fourth-order valence-corrected chi connectivity index (χ4v) is 3.34. The van der Waals surface area contributed by atoms with Crippen LogP contribution in [0.4, 0.5) is 0 Å². The number of benzene rings is 1. The minimum absolute atomic E-state index is 0.388. The van der Waals surface area contributed by atoms with Crippen LogP contribution in [0.3, 0.4) is 0 Å². The number of aromatic nitrogens is 3. The van der Waals surface area contributed by atoms with Gasteiger partial charge in [-0.2, -0.15) is 0 Å². The Morgan fingerprint density at radius 2 is 2.00 bits per heavy atom. The SMILES string of the molecule is COC(=O)c1cc(CSc2nnc(C)n2Cc2ccccc2)oc1C. The summed E-state index contributed by atoms with van der Waals surface area (Å²) in [5.41, 5.74) is 1.65. The summed E-state index contributed by atoms with van der Waals surface area (Å²) in [4.78, 5) is 11.7. The molecule has 0 amide bonds. The number of rotatable bonds is 6. The van der Waals surface area contributed by atoms with Gasteiger partial charge in [0, 0.05) is 0 Å². The van der Waals surface area contributed by atoms with Crippen molar-refractivity contribution in [3.8, 4) is 0 Å². The van der Waals surface area contributed by atoms with Crippen LogP contribution in [0.5, 0.6) is 0 Å². The van der Waals surface area contributed by atoms with Crippen LogP contribution in [0.2, 0.25) is 0 Å². The van der Waals surface area contributed by atoms with E-state index in [0.717, 1.165) is 11.0 Å². The Kier molecular flexibility index (Phi) is 5.23. The van der Waals surface area contributed by atoms with E-state index in [9.17, 15) is 4.79 Å². The summed E-state index contributed by atoms with van der Waals surface area (Å²) in [6.07, 6.45) is 0. The quantitative estimate of drug-likeness (QED) is 0.496. The van der Waals surface area contributed by atoms with Crippen molar-refractivity contribution in [3.05, 3.63) is 64.9 Å². The summed E-state index contributed by atoms with van der Waals surface area (Å²) < 4.78 is 12.5. The van der Waals surface area contributed by atoms with Crippen molar-refractivity contribution in [2.75, 3.05) is 7.11 Å². The van der Waals surface area contributed by atoms with Crippen molar-refractivity contribution in [2.45, 2.75) is 31.3 Å². The first-order valence-corrected chi connectivity index (χ1v) is 8.81. The van der Waals surface area contributed by atoms with E-state index in [1.165, 1.54) is 24.4 Å². The number of hydrogen-bond donors (Lipinski definition) is 0. The molecule has 0 radical (unpaired) electrons. The lowest BCUT2D eigenvalue weighted by Crippen LogP contribution is -2.03. The maximum absolute atomic E-state index is 11.7. The fraction of sp³-hybridized carbons (Fsp3) is 0.278. The first-order chi connectivity index (χ1) is 12.1. The van der Waals surface area contributed by atoms with Crippen LogP contribution in [-0.4, -0.2) is 27.8 Å².